The van der Waals surface area contributed by atoms with Gasteiger partial charge in [0.2, 0.25) is 0 Å². The van der Waals surface area contributed by atoms with Crippen LogP contribution in [0.1, 0.15) is 18.7 Å². The van der Waals surface area contributed by atoms with E-state index in [1.807, 2.05) is 50.3 Å². The molecule has 2 N–H and O–H groups in total. The summed E-state index contributed by atoms with van der Waals surface area (Å²) in [7, 11) is 3.86. The molecule has 1 aliphatic rings. The molecule has 0 amide bonds. The fourth-order valence-corrected chi connectivity index (χ4v) is 4.12. The second-order valence-electron chi connectivity index (χ2n) is 6.87. The molecule has 2 heterocycles. The first-order chi connectivity index (χ1) is 13.2. The van der Waals surface area contributed by atoms with Crippen LogP contribution in [-0.2, 0) is 11.3 Å². The number of aromatic amines is 1. The Morgan fingerprint density at radius 1 is 1.32 bits per heavy atom. The highest BCUT2D eigenvalue weighted by atomic mass is 127. The summed E-state index contributed by atoms with van der Waals surface area (Å²) in [6.07, 6.45) is 6.22. The quantitative estimate of drug-likeness (QED) is 0.350. The molecular weight excluding hydrogens is 485 g/mol. The molecule has 1 aromatic carbocycles. The van der Waals surface area contributed by atoms with Gasteiger partial charge in [0.25, 0.3) is 0 Å². The third-order valence-corrected chi connectivity index (χ3v) is 6.50. The summed E-state index contributed by atoms with van der Waals surface area (Å²) in [5.74, 6) is 1.80. The van der Waals surface area contributed by atoms with Gasteiger partial charge < -0.3 is 19.9 Å². The van der Waals surface area contributed by atoms with Crippen molar-refractivity contribution in [2.75, 3.05) is 40.1 Å². The van der Waals surface area contributed by atoms with Crippen molar-refractivity contribution in [3.8, 4) is 11.3 Å². The molecule has 2 aromatic rings. The lowest BCUT2D eigenvalue weighted by Gasteiger charge is -2.36. The molecule has 8 heteroatoms. The maximum atomic E-state index is 5.53. The molecule has 1 fully saturated rings. The van der Waals surface area contributed by atoms with Crippen molar-refractivity contribution < 1.29 is 4.74 Å². The van der Waals surface area contributed by atoms with Crippen LogP contribution in [0.4, 0.5) is 0 Å². The second kappa shape index (κ2) is 11.1. The van der Waals surface area contributed by atoms with E-state index in [-0.39, 0.29) is 28.7 Å². The molecule has 0 spiro atoms. The third kappa shape index (κ3) is 5.87. The Kier molecular flexibility index (Phi) is 9.10. The highest BCUT2D eigenvalue weighted by Gasteiger charge is 2.32. The molecular formula is C20H30IN5OS. The molecule has 28 heavy (non-hydrogen) atoms. The van der Waals surface area contributed by atoms with Crippen LogP contribution in [0.2, 0.25) is 0 Å². The van der Waals surface area contributed by atoms with Gasteiger partial charge in [0.05, 0.1) is 18.4 Å². The smallest absolute Gasteiger partial charge is 0.193 e. The van der Waals surface area contributed by atoms with Gasteiger partial charge in [0, 0.05) is 38.6 Å². The summed E-state index contributed by atoms with van der Waals surface area (Å²) in [6.45, 7) is 3.24. The number of aliphatic imine (C=N–C) groups is 1. The molecule has 6 nitrogen and oxygen atoms in total. The number of imidazole rings is 1. The Bertz CT molecular complexity index is 746. The van der Waals surface area contributed by atoms with E-state index in [4.69, 9.17) is 4.74 Å². The largest absolute Gasteiger partial charge is 0.381 e. The van der Waals surface area contributed by atoms with E-state index in [0.29, 0.717) is 6.54 Å². The Morgan fingerprint density at radius 3 is 2.68 bits per heavy atom. The molecule has 154 valence electrons. The molecule has 3 rings (SSSR count). The van der Waals surface area contributed by atoms with Crippen molar-refractivity contribution in [3.63, 3.8) is 0 Å². The van der Waals surface area contributed by atoms with Crippen LogP contribution in [0.3, 0.4) is 0 Å². The van der Waals surface area contributed by atoms with Crippen molar-refractivity contribution in [1.29, 1.82) is 0 Å². The molecule has 1 saturated heterocycles. The Morgan fingerprint density at radius 2 is 2.04 bits per heavy atom. The normalized spacial score (nSPS) is 16.3. The van der Waals surface area contributed by atoms with Crippen LogP contribution in [0.15, 0.2) is 41.5 Å². The average molecular weight is 515 g/mol. The zero-order chi connectivity index (χ0) is 19.1. The zero-order valence-electron chi connectivity index (χ0n) is 16.8. The second-order valence-corrected chi connectivity index (χ2v) is 8.14. The summed E-state index contributed by atoms with van der Waals surface area (Å²) in [5.41, 5.74) is 2.17. The minimum Gasteiger partial charge on any atom is -0.381 e. The van der Waals surface area contributed by atoms with Crippen LogP contribution in [0.25, 0.3) is 11.3 Å². The number of ether oxygens (including phenoxy) is 1. The topological polar surface area (TPSA) is 65.5 Å². The van der Waals surface area contributed by atoms with Crippen LogP contribution < -0.4 is 5.32 Å². The van der Waals surface area contributed by atoms with Gasteiger partial charge >= 0.3 is 0 Å². The maximum Gasteiger partial charge on any atom is 0.193 e. The molecule has 0 bridgehead atoms. The van der Waals surface area contributed by atoms with E-state index < -0.39 is 0 Å². The van der Waals surface area contributed by atoms with E-state index in [2.05, 4.69) is 43.6 Å². The monoisotopic (exact) mass is 515 g/mol. The Balaban J connectivity index is 0.00000280. The van der Waals surface area contributed by atoms with Gasteiger partial charge in [-0.05, 0) is 24.7 Å². The molecule has 0 unspecified atom stereocenters. The van der Waals surface area contributed by atoms with Crippen molar-refractivity contribution in [1.82, 2.24) is 20.2 Å². The summed E-state index contributed by atoms with van der Waals surface area (Å²) in [4.78, 5) is 14.5. The molecule has 0 saturated carbocycles. The zero-order valence-corrected chi connectivity index (χ0v) is 19.9. The maximum absolute atomic E-state index is 5.53. The van der Waals surface area contributed by atoms with Crippen molar-refractivity contribution >= 4 is 41.7 Å². The SMILES string of the molecule is CN=C(NCC1(SC)CCOCC1)N(C)Cc1ncc(-c2ccccc2)[nH]1.I. The van der Waals surface area contributed by atoms with E-state index in [9.17, 15) is 0 Å². The predicted molar refractivity (Wildman–Crippen MR) is 129 cm³/mol. The van der Waals surface area contributed by atoms with E-state index in [1.54, 1.807) is 0 Å². The third-order valence-electron chi connectivity index (χ3n) is 5.08. The molecule has 1 aliphatic heterocycles. The number of aromatic nitrogens is 2. The van der Waals surface area contributed by atoms with Gasteiger partial charge in [-0.15, -0.1) is 24.0 Å². The first-order valence-electron chi connectivity index (χ1n) is 9.30. The predicted octanol–water partition coefficient (Wildman–Crippen LogP) is 3.61. The number of nitrogens with zero attached hydrogens (tertiary/aromatic N) is 3. The lowest BCUT2D eigenvalue weighted by molar-refractivity contribution is 0.0781. The van der Waals surface area contributed by atoms with Gasteiger partial charge in [-0.2, -0.15) is 11.8 Å². The average Bonchev–Trinajstić information content (AvgIpc) is 3.18. The highest BCUT2D eigenvalue weighted by molar-refractivity contribution is 14.0. The highest BCUT2D eigenvalue weighted by Crippen LogP contribution is 2.33. The summed E-state index contributed by atoms with van der Waals surface area (Å²) < 4.78 is 5.75. The standard InChI is InChI=1S/C20H29N5OS.HI/c1-21-19(23-15-20(27-3)9-11-26-12-10-20)25(2)14-18-22-13-17(24-18)16-7-5-4-6-8-16;/h4-8,13H,9-12,14-15H2,1-3H3,(H,21,23)(H,22,24);1H. The van der Waals surface area contributed by atoms with E-state index in [1.165, 1.54) is 0 Å². The van der Waals surface area contributed by atoms with Crippen molar-refractivity contribution in [2.24, 2.45) is 4.99 Å². The van der Waals surface area contributed by atoms with Crippen LogP contribution in [-0.4, -0.2) is 65.7 Å². The van der Waals surface area contributed by atoms with E-state index in [0.717, 1.165) is 55.6 Å². The van der Waals surface area contributed by atoms with Gasteiger partial charge in [0.1, 0.15) is 5.82 Å². The number of H-pyrrole nitrogens is 1. The Labute approximate surface area is 189 Å². The molecule has 0 atom stereocenters. The lowest BCUT2D eigenvalue weighted by atomic mass is 9.99. The molecule has 0 aliphatic carbocycles. The number of hydrogen-bond donors (Lipinski definition) is 2. The minimum atomic E-state index is 0. The fourth-order valence-electron chi connectivity index (χ4n) is 3.33. The number of halogens is 1. The number of hydrogen-bond acceptors (Lipinski definition) is 4. The number of guanidine groups is 1. The fraction of sp³-hybridized carbons (Fsp3) is 0.500. The Hall–Kier alpha value is -1.26. The first kappa shape index (κ1) is 23.0. The van der Waals surface area contributed by atoms with Gasteiger partial charge in [-0.1, -0.05) is 30.3 Å². The first-order valence-corrected chi connectivity index (χ1v) is 10.5. The van der Waals surface area contributed by atoms with Gasteiger partial charge in [-0.3, -0.25) is 4.99 Å². The van der Waals surface area contributed by atoms with Crippen LogP contribution >= 0.6 is 35.7 Å². The van der Waals surface area contributed by atoms with Gasteiger partial charge in [0.15, 0.2) is 5.96 Å². The number of thioether (sulfide) groups is 1. The minimum absolute atomic E-state index is 0. The summed E-state index contributed by atoms with van der Waals surface area (Å²) in [5, 5.41) is 3.55. The summed E-state index contributed by atoms with van der Waals surface area (Å²) >= 11 is 1.93. The number of rotatable bonds is 6. The van der Waals surface area contributed by atoms with E-state index >= 15 is 0 Å². The molecule has 1 aromatic heterocycles. The summed E-state index contributed by atoms with van der Waals surface area (Å²) in [6, 6.07) is 10.2. The van der Waals surface area contributed by atoms with Gasteiger partial charge in [-0.25, -0.2) is 4.98 Å². The molecule has 0 radical (unpaired) electrons. The van der Waals surface area contributed by atoms with Crippen LogP contribution in [0.5, 0.6) is 0 Å². The van der Waals surface area contributed by atoms with Crippen LogP contribution in [0, 0.1) is 0 Å². The lowest BCUT2D eigenvalue weighted by Crippen LogP contribution is -2.48. The van der Waals surface area contributed by atoms with Crippen molar-refractivity contribution in [2.45, 2.75) is 24.1 Å². The van der Waals surface area contributed by atoms with Crippen molar-refractivity contribution in [3.05, 3.63) is 42.4 Å². The number of nitrogens with one attached hydrogen (secondary N) is 2. The number of benzene rings is 1.